The Balaban J connectivity index is 1.14. The Bertz CT molecular complexity index is 2920. The van der Waals surface area contributed by atoms with E-state index in [1.807, 2.05) is 52.0 Å². The van der Waals surface area contributed by atoms with Gasteiger partial charge in [0.05, 0.1) is 41.9 Å². The van der Waals surface area contributed by atoms with E-state index in [4.69, 9.17) is 0 Å². The van der Waals surface area contributed by atoms with Crippen LogP contribution in [0.5, 0.6) is 0 Å². The van der Waals surface area contributed by atoms with Gasteiger partial charge in [0.2, 0.25) is 11.8 Å². The van der Waals surface area contributed by atoms with Gasteiger partial charge in [-0.2, -0.15) is 0 Å². The number of benzene rings is 4. The second kappa shape index (κ2) is 22.8. The highest BCUT2D eigenvalue weighted by Crippen LogP contribution is 2.50. The lowest BCUT2D eigenvalue weighted by atomic mass is 9.89. The van der Waals surface area contributed by atoms with Gasteiger partial charge in [-0.3, -0.25) is 49.4 Å². The van der Waals surface area contributed by atoms with Crippen molar-refractivity contribution in [2.24, 2.45) is 0 Å². The van der Waals surface area contributed by atoms with Crippen LogP contribution in [0.2, 0.25) is 0 Å². The number of nitro groups is 2. The number of hydrogen-bond donors (Lipinski definition) is 0. The maximum Gasteiger partial charge on any atom is 0.291 e. The quantitative estimate of drug-likeness (QED) is 0.0573. The summed E-state index contributed by atoms with van der Waals surface area (Å²) in [6.07, 6.45) is 12.1. The fourth-order valence-electron chi connectivity index (χ4n) is 9.26. The van der Waals surface area contributed by atoms with Gasteiger partial charge in [-0.05, 0) is 93.8 Å². The minimum Gasteiger partial charge on any atom is -0.336 e. The predicted octanol–water partition coefficient (Wildman–Crippen LogP) is 10.0. The number of carbonyl (C=O) groups is 4. The molecule has 73 heavy (non-hydrogen) atoms. The molecule has 4 aromatic carbocycles. The molecule has 17 heteroatoms. The van der Waals surface area contributed by atoms with E-state index in [0.717, 1.165) is 22.9 Å². The summed E-state index contributed by atoms with van der Waals surface area (Å²) in [4.78, 5) is 94.7. The van der Waals surface area contributed by atoms with Crippen molar-refractivity contribution in [3.05, 3.63) is 188 Å². The Kier molecular flexibility index (Phi) is 16.0. The molecule has 0 bridgehead atoms. The molecule has 0 N–H and O–H groups in total. The van der Waals surface area contributed by atoms with Crippen molar-refractivity contribution in [1.82, 2.24) is 29.6 Å². The lowest BCUT2D eigenvalue weighted by molar-refractivity contribution is -0.387. The summed E-state index contributed by atoms with van der Waals surface area (Å²) >= 11 is 0.903. The summed E-state index contributed by atoms with van der Waals surface area (Å²) < 4.78 is 0. The number of hydrogen-bond acceptors (Lipinski definition) is 11. The number of aromatic nitrogens is 2. The molecule has 0 radical (unpaired) electrons. The zero-order valence-electron chi connectivity index (χ0n) is 40.9. The van der Waals surface area contributed by atoms with Crippen molar-refractivity contribution in [2.75, 3.05) is 52.4 Å². The zero-order chi connectivity index (χ0) is 51.8. The van der Waals surface area contributed by atoms with E-state index in [1.165, 1.54) is 24.5 Å². The third-order valence-electron chi connectivity index (χ3n) is 13.0. The van der Waals surface area contributed by atoms with Gasteiger partial charge in [0.25, 0.3) is 23.2 Å². The average molecular weight is 999 g/mol. The van der Waals surface area contributed by atoms with E-state index >= 15 is 0 Å². The molecule has 2 fully saturated rings. The van der Waals surface area contributed by atoms with Crippen LogP contribution in [0.1, 0.15) is 82.5 Å². The number of nitro benzene ring substituents is 2. The number of amides is 4. The molecular weight excluding hydrogens is 945 g/mol. The van der Waals surface area contributed by atoms with Gasteiger partial charge in [0.1, 0.15) is 0 Å². The molecule has 2 aliphatic rings. The third-order valence-corrected chi connectivity index (χ3v) is 14.1. The van der Waals surface area contributed by atoms with Crippen LogP contribution in [0.25, 0.3) is 34.4 Å². The molecule has 4 amide bonds. The lowest BCUT2D eigenvalue weighted by Gasteiger charge is -2.34. The molecule has 0 atom stereocenters. The molecule has 0 spiro atoms. The zero-order valence-corrected chi connectivity index (χ0v) is 41.7. The Morgan fingerprint density at radius 1 is 0.521 bits per heavy atom. The van der Waals surface area contributed by atoms with Crippen LogP contribution in [0.3, 0.4) is 0 Å². The molecule has 16 nitrogen and oxygen atoms in total. The largest absolute Gasteiger partial charge is 0.336 e. The van der Waals surface area contributed by atoms with Crippen molar-refractivity contribution in [1.29, 1.82) is 0 Å². The minimum atomic E-state index is -0.482. The van der Waals surface area contributed by atoms with Crippen LogP contribution in [0.15, 0.2) is 144 Å². The SMILES string of the molecule is CC(C)c1ccccc1-c1c(C=CC(=O)N2CCN(C(=O)c3cccnc3)CC2)ccc(Sc2ccc(C=CC(=O)N3CCN(C(=O)c4cccnc4)CC3)c(-c3ccccc3C(C)C)c2[N+](=O)[O-])c1[N+](=O)[O-]. The summed E-state index contributed by atoms with van der Waals surface area (Å²) in [5, 5.41) is 27.1. The van der Waals surface area contributed by atoms with Crippen LogP contribution < -0.4 is 0 Å². The highest BCUT2D eigenvalue weighted by atomic mass is 32.2. The molecule has 4 heterocycles. The first-order chi connectivity index (χ1) is 35.2. The van der Waals surface area contributed by atoms with Crippen LogP contribution >= 0.6 is 11.8 Å². The summed E-state index contributed by atoms with van der Waals surface area (Å²) in [5.41, 5.74) is 4.46. The van der Waals surface area contributed by atoms with E-state index in [2.05, 4.69) is 9.97 Å². The molecular formula is C56H54N8O8S. The molecule has 2 aliphatic heterocycles. The first-order valence-corrected chi connectivity index (χ1v) is 24.8. The van der Waals surface area contributed by atoms with E-state index in [0.29, 0.717) is 59.6 Å². The van der Waals surface area contributed by atoms with Crippen LogP contribution in [-0.2, 0) is 9.59 Å². The highest BCUT2D eigenvalue weighted by molar-refractivity contribution is 7.99. The Labute approximate surface area is 427 Å². The van der Waals surface area contributed by atoms with Crippen LogP contribution in [0.4, 0.5) is 11.4 Å². The molecule has 2 aromatic heterocycles. The Hall–Kier alpha value is -8.31. The van der Waals surface area contributed by atoms with Gasteiger partial charge in [0.15, 0.2) is 0 Å². The number of piperazine rings is 2. The Morgan fingerprint density at radius 3 is 1.23 bits per heavy atom. The lowest BCUT2D eigenvalue weighted by Crippen LogP contribution is -2.50. The fourth-order valence-corrected chi connectivity index (χ4v) is 10.3. The number of rotatable bonds is 14. The van der Waals surface area contributed by atoms with Gasteiger partial charge in [0, 0.05) is 89.3 Å². The summed E-state index contributed by atoms with van der Waals surface area (Å²) in [6.45, 7) is 10.4. The molecule has 8 rings (SSSR count). The fraction of sp³-hybridized carbons (Fsp3) is 0.250. The molecule has 2 saturated heterocycles. The van der Waals surface area contributed by atoms with Crippen molar-refractivity contribution in [3.63, 3.8) is 0 Å². The Morgan fingerprint density at radius 2 is 0.890 bits per heavy atom. The average Bonchev–Trinajstić information content (AvgIpc) is 3.41. The van der Waals surface area contributed by atoms with Crippen molar-refractivity contribution < 1.29 is 29.0 Å². The third kappa shape index (κ3) is 11.4. The second-order valence-corrected chi connectivity index (χ2v) is 19.3. The first-order valence-electron chi connectivity index (χ1n) is 24.0. The normalized spacial score (nSPS) is 14.1. The maximum atomic E-state index is 13.7. The van der Waals surface area contributed by atoms with E-state index in [-0.39, 0.29) is 93.9 Å². The summed E-state index contributed by atoms with van der Waals surface area (Å²) in [6, 6.07) is 28.0. The summed E-state index contributed by atoms with van der Waals surface area (Å²) in [5.74, 6) is -1.10. The molecule has 0 saturated carbocycles. The van der Waals surface area contributed by atoms with Gasteiger partial charge in [-0.15, -0.1) is 0 Å². The van der Waals surface area contributed by atoms with Crippen molar-refractivity contribution in [3.8, 4) is 22.3 Å². The molecule has 0 unspecified atom stereocenters. The van der Waals surface area contributed by atoms with Gasteiger partial charge < -0.3 is 19.6 Å². The smallest absolute Gasteiger partial charge is 0.291 e. The predicted molar refractivity (Wildman–Crippen MR) is 281 cm³/mol. The molecule has 372 valence electrons. The van der Waals surface area contributed by atoms with Crippen molar-refractivity contribution in [2.45, 2.75) is 49.3 Å². The monoisotopic (exact) mass is 998 g/mol. The van der Waals surface area contributed by atoms with Gasteiger partial charge in [-0.1, -0.05) is 100 Å². The van der Waals surface area contributed by atoms with Crippen molar-refractivity contribution >= 4 is 58.9 Å². The van der Waals surface area contributed by atoms with Crippen LogP contribution in [-0.4, -0.2) is 115 Å². The topological polar surface area (TPSA) is 193 Å². The van der Waals surface area contributed by atoms with E-state index < -0.39 is 9.85 Å². The van der Waals surface area contributed by atoms with Gasteiger partial charge >= 0.3 is 0 Å². The maximum absolute atomic E-state index is 13.7. The minimum absolute atomic E-state index is 0.0559. The first kappa shape index (κ1) is 51.1. The standard InChI is InChI=1S/C56H54N8O8S/c1-37(2)43-13-5-7-15-45(43)51-39(19-23-49(65)59-27-31-61(32-28-59)55(67)41-11-9-25-57-35-41)17-21-47(53(51)63(69)70)73-48-22-18-40(52(54(48)64(71)72)46-16-8-6-14-44(46)38(3)4)20-24-50(66)60-29-33-62(34-30-60)56(68)42-12-10-26-58-36-42/h5-26,35-38H,27-34H2,1-4H3. The number of nitrogens with zero attached hydrogens (tertiary/aromatic N) is 8. The van der Waals surface area contributed by atoms with Crippen LogP contribution in [0, 0.1) is 20.2 Å². The number of pyridine rings is 2. The van der Waals surface area contributed by atoms with E-state index in [1.54, 1.807) is 117 Å². The van der Waals surface area contributed by atoms with Gasteiger partial charge in [-0.25, -0.2) is 0 Å². The highest BCUT2D eigenvalue weighted by Gasteiger charge is 2.32. The summed E-state index contributed by atoms with van der Waals surface area (Å²) in [7, 11) is 0. The molecule has 0 aliphatic carbocycles. The second-order valence-electron chi connectivity index (χ2n) is 18.2. The molecule has 6 aromatic rings. The van der Waals surface area contributed by atoms with E-state index in [9.17, 15) is 39.4 Å². The number of carbonyl (C=O) groups excluding carboxylic acids is 4.